The number of hydrogen-bond acceptors (Lipinski definition) is 3. The van der Waals surface area contributed by atoms with Crippen molar-refractivity contribution >= 4 is 11.6 Å². The molecular weight excluding hydrogens is 262 g/mol. The largest absolute Gasteiger partial charge is 0.371 e. The Kier molecular flexibility index (Phi) is 4.88. The summed E-state index contributed by atoms with van der Waals surface area (Å²) in [6, 6.07) is 8.59. The van der Waals surface area contributed by atoms with E-state index in [9.17, 15) is 4.79 Å². The molecule has 4 nitrogen and oxygen atoms in total. The highest BCUT2D eigenvalue weighted by Gasteiger charge is 2.24. The topological polar surface area (TPSA) is 58.4 Å². The molecule has 0 bridgehead atoms. The van der Waals surface area contributed by atoms with E-state index in [1.807, 2.05) is 0 Å². The van der Waals surface area contributed by atoms with Crippen molar-refractivity contribution in [2.24, 2.45) is 11.7 Å². The van der Waals surface area contributed by atoms with Crippen molar-refractivity contribution in [3.8, 4) is 0 Å². The molecule has 21 heavy (non-hydrogen) atoms. The van der Waals surface area contributed by atoms with Gasteiger partial charge in [-0.3, -0.25) is 4.79 Å². The number of piperidine rings is 1. The lowest BCUT2D eigenvalue weighted by Crippen LogP contribution is -2.41. The van der Waals surface area contributed by atoms with Crippen molar-refractivity contribution in [3.63, 3.8) is 0 Å². The van der Waals surface area contributed by atoms with Crippen LogP contribution in [0.2, 0.25) is 0 Å². The Balaban J connectivity index is 1.97. The van der Waals surface area contributed by atoms with Crippen molar-refractivity contribution < 1.29 is 4.79 Å². The van der Waals surface area contributed by atoms with Gasteiger partial charge in [-0.05, 0) is 51.3 Å². The number of primary amides is 1. The smallest absolute Gasteiger partial charge is 0.222 e. The third-order valence-electron chi connectivity index (χ3n) is 3.95. The fourth-order valence-electron chi connectivity index (χ4n) is 2.64. The molecule has 1 aromatic carbocycles. The van der Waals surface area contributed by atoms with E-state index in [0.717, 1.165) is 32.5 Å². The van der Waals surface area contributed by atoms with Gasteiger partial charge in [-0.1, -0.05) is 12.1 Å². The van der Waals surface area contributed by atoms with E-state index in [0.29, 0.717) is 0 Å². The first kappa shape index (κ1) is 15.8. The minimum atomic E-state index is -0.175. The minimum absolute atomic E-state index is 0.0130. The Labute approximate surface area is 127 Å². The van der Waals surface area contributed by atoms with Crippen molar-refractivity contribution in [1.29, 1.82) is 0 Å². The van der Waals surface area contributed by atoms with Crippen LogP contribution in [0.3, 0.4) is 0 Å². The Morgan fingerprint density at radius 2 is 2.00 bits per heavy atom. The molecule has 0 saturated carbocycles. The summed E-state index contributed by atoms with van der Waals surface area (Å²) >= 11 is 0. The van der Waals surface area contributed by atoms with Gasteiger partial charge >= 0.3 is 0 Å². The Morgan fingerprint density at radius 3 is 2.57 bits per heavy atom. The van der Waals surface area contributed by atoms with Gasteiger partial charge in [-0.2, -0.15) is 0 Å². The van der Waals surface area contributed by atoms with Gasteiger partial charge in [0.15, 0.2) is 0 Å². The number of nitrogens with one attached hydrogen (secondary N) is 1. The van der Waals surface area contributed by atoms with Gasteiger partial charge in [-0.25, -0.2) is 0 Å². The van der Waals surface area contributed by atoms with Crippen LogP contribution >= 0.6 is 0 Å². The maximum Gasteiger partial charge on any atom is 0.222 e. The second-order valence-electron chi connectivity index (χ2n) is 6.96. The second-order valence-corrected chi connectivity index (χ2v) is 6.96. The molecule has 4 heteroatoms. The van der Waals surface area contributed by atoms with Gasteiger partial charge in [0.05, 0.1) is 5.92 Å². The zero-order chi connectivity index (χ0) is 15.5. The standard InChI is InChI=1S/C17H27N3O/c1-17(2,3)19-11-13-6-8-15(9-7-13)20-10-4-5-14(12-20)16(18)21/h6-9,14,19H,4-5,10-12H2,1-3H3,(H2,18,21). The molecule has 1 fully saturated rings. The van der Waals surface area contributed by atoms with E-state index in [1.54, 1.807) is 0 Å². The van der Waals surface area contributed by atoms with Gasteiger partial charge in [0, 0.05) is 30.9 Å². The number of anilines is 1. The molecule has 0 radical (unpaired) electrons. The summed E-state index contributed by atoms with van der Waals surface area (Å²) < 4.78 is 0. The molecule has 0 spiro atoms. The summed E-state index contributed by atoms with van der Waals surface area (Å²) in [4.78, 5) is 13.6. The first-order chi connectivity index (χ1) is 9.85. The summed E-state index contributed by atoms with van der Waals surface area (Å²) in [6.07, 6.45) is 1.94. The predicted molar refractivity (Wildman–Crippen MR) is 87.2 cm³/mol. The van der Waals surface area contributed by atoms with Crippen LogP contribution in [0, 0.1) is 5.92 Å². The van der Waals surface area contributed by atoms with E-state index in [2.05, 4.69) is 55.3 Å². The molecule has 116 valence electrons. The van der Waals surface area contributed by atoms with Crippen molar-refractivity contribution in [2.45, 2.75) is 45.7 Å². The lowest BCUT2D eigenvalue weighted by Gasteiger charge is -2.33. The third-order valence-corrected chi connectivity index (χ3v) is 3.95. The average molecular weight is 289 g/mol. The minimum Gasteiger partial charge on any atom is -0.371 e. The van der Waals surface area contributed by atoms with E-state index < -0.39 is 0 Å². The maximum atomic E-state index is 11.4. The summed E-state index contributed by atoms with van der Waals surface area (Å²) in [5, 5.41) is 3.48. The summed E-state index contributed by atoms with van der Waals surface area (Å²) in [6.45, 7) is 9.11. The summed E-state index contributed by atoms with van der Waals surface area (Å²) in [5.74, 6) is -0.188. The highest BCUT2D eigenvalue weighted by molar-refractivity contribution is 5.77. The van der Waals surface area contributed by atoms with Gasteiger partial charge < -0.3 is 16.0 Å². The molecule has 1 heterocycles. The van der Waals surface area contributed by atoms with Crippen LogP contribution in [0.5, 0.6) is 0 Å². The first-order valence-electron chi connectivity index (χ1n) is 7.73. The Bertz CT molecular complexity index is 476. The van der Waals surface area contributed by atoms with Gasteiger partial charge in [0.1, 0.15) is 0 Å². The Hall–Kier alpha value is -1.55. The summed E-state index contributed by atoms with van der Waals surface area (Å²) in [5.41, 5.74) is 8.02. The maximum absolute atomic E-state index is 11.4. The third kappa shape index (κ3) is 4.74. The highest BCUT2D eigenvalue weighted by Crippen LogP contribution is 2.23. The van der Waals surface area contributed by atoms with E-state index in [1.165, 1.54) is 11.3 Å². The molecule has 3 N–H and O–H groups in total. The zero-order valence-corrected chi connectivity index (χ0v) is 13.4. The van der Waals surface area contributed by atoms with E-state index in [-0.39, 0.29) is 17.4 Å². The van der Waals surface area contributed by atoms with Crippen molar-refractivity contribution in [2.75, 3.05) is 18.0 Å². The van der Waals surface area contributed by atoms with Gasteiger partial charge in [0.2, 0.25) is 5.91 Å². The molecule has 1 atom stereocenters. The van der Waals surface area contributed by atoms with Crippen LogP contribution in [0.15, 0.2) is 24.3 Å². The molecule has 1 aromatic rings. The van der Waals surface area contributed by atoms with Crippen LogP contribution in [-0.4, -0.2) is 24.5 Å². The van der Waals surface area contributed by atoms with E-state index in [4.69, 9.17) is 5.73 Å². The number of rotatable bonds is 4. The fourth-order valence-corrected chi connectivity index (χ4v) is 2.64. The number of carbonyl (C=O) groups excluding carboxylic acids is 1. The van der Waals surface area contributed by atoms with Crippen LogP contribution in [0.1, 0.15) is 39.2 Å². The van der Waals surface area contributed by atoms with Crippen LogP contribution in [-0.2, 0) is 11.3 Å². The van der Waals surface area contributed by atoms with Gasteiger partial charge in [-0.15, -0.1) is 0 Å². The fraction of sp³-hybridized carbons (Fsp3) is 0.588. The normalized spacial score (nSPS) is 19.6. The van der Waals surface area contributed by atoms with Crippen LogP contribution in [0.4, 0.5) is 5.69 Å². The van der Waals surface area contributed by atoms with Gasteiger partial charge in [0.25, 0.3) is 0 Å². The lowest BCUT2D eigenvalue weighted by atomic mass is 9.97. The molecule has 2 rings (SSSR count). The molecule has 0 aliphatic carbocycles. The van der Waals surface area contributed by atoms with Crippen LogP contribution < -0.4 is 16.0 Å². The monoisotopic (exact) mass is 289 g/mol. The molecule has 1 aliphatic rings. The van der Waals surface area contributed by atoms with Crippen molar-refractivity contribution in [1.82, 2.24) is 5.32 Å². The predicted octanol–water partition coefficient (Wildman–Crippen LogP) is 2.28. The SMILES string of the molecule is CC(C)(C)NCc1ccc(N2CCCC(C(N)=O)C2)cc1. The number of benzene rings is 1. The molecule has 1 saturated heterocycles. The lowest BCUT2D eigenvalue weighted by molar-refractivity contribution is -0.122. The molecule has 1 aliphatic heterocycles. The summed E-state index contributed by atoms with van der Waals surface area (Å²) in [7, 11) is 0. The number of carbonyl (C=O) groups is 1. The van der Waals surface area contributed by atoms with Crippen molar-refractivity contribution in [3.05, 3.63) is 29.8 Å². The quantitative estimate of drug-likeness (QED) is 0.894. The Morgan fingerprint density at radius 1 is 1.33 bits per heavy atom. The molecule has 1 amide bonds. The van der Waals surface area contributed by atoms with E-state index >= 15 is 0 Å². The highest BCUT2D eigenvalue weighted by atomic mass is 16.1. The molecule has 1 unspecified atom stereocenters. The first-order valence-corrected chi connectivity index (χ1v) is 7.73. The number of hydrogen-bond donors (Lipinski definition) is 2. The average Bonchev–Trinajstić information content (AvgIpc) is 2.45. The molecular formula is C17H27N3O. The second kappa shape index (κ2) is 6.48. The van der Waals surface area contributed by atoms with Crippen LogP contribution in [0.25, 0.3) is 0 Å². The number of nitrogens with two attached hydrogens (primary N) is 1. The number of nitrogens with zero attached hydrogens (tertiary/aromatic N) is 1. The number of amides is 1. The zero-order valence-electron chi connectivity index (χ0n) is 13.4. The molecule has 0 aromatic heterocycles.